The van der Waals surface area contributed by atoms with Crippen LogP contribution in [0.1, 0.15) is 27.0 Å². The number of benzene rings is 2. The minimum atomic E-state index is -0.367. The Balaban J connectivity index is 1.33. The summed E-state index contributed by atoms with van der Waals surface area (Å²) in [6.07, 6.45) is 0.170. The van der Waals surface area contributed by atoms with Crippen LogP contribution in [0.3, 0.4) is 0 Å². The lowest BCUT2D eigenvalue weighted by atomic mass is 9.98. The second-order valence-electron chi connectivity index (χ2n) is 7.92. The number of aryl methyl sites for hydroxylation is 1. The van der Waals surface area contributed by atoms with Gasteiger partial charge >= 0.3 is 0 Å². The minimum absolute atomic E-state index is 0.152. The second-order valence-corrected chi connectivity index (χ2v) is 7.92. The van der Waals surface area contributed by atoms with E-state index in [1.165, 1.54) is 16.0 Å². The molecule has 150 valence electrons. The molecule has 0 aliphatic carbocycles. The van der Waals surface area contributed by atoms with Gasteiger partial charge in [-0.3, -0.25) is 19.3 Å². The number of fused-ring (bicyclic) bond motifs is 1. The van der Waals surface area contributed by atoms with Gasteiger partial charge in [0.05, 0.1) is 32.6 Å². The van der Waals surface area contributed by atoms with Gasteiger partial charge in [0, 0.05) is 11.1 Å². The number of amides is 3. The zero-order valence-corrected chi connectivity index (χ0v) is 16.7. The molecule has 6 nitrogen and oxygen atoms in total. The van der Waals surface area contributed by atoms with Crippen LogP contribution in [0.5, 0.6) is 0 Å². The van der Waals surface area contributed by atoms with E-state index in [1.54, 1.807) is 23.1 Å². The van der Waals surface area contributed by atoms with Crippen molar-refractivity contribution in [2.24, 2.45) is 0 Å². The minimum Gasteiger partial charge on any atom is -0.330 e. The SMILES string of the molecule is Cc1cccc(C[NH+]2CCN(C(=O)CN3C(=O)Cc4ccccc4C3=O)CC2)c1. The Bertz CT molecular complexity index is 948. The standard InChI is InChI=1S/C23H25N3O3/c1-17-5-4-6-18(13-17)15-24-9-11-25(12-10-24)22(28)16-26-21(27)14-19-7-2-3-8-20(19)23(26)29/h2-8,13H,9-12,14-16H2,1H3/p+1. The molecule has 2 aliphatic rings. The van der Waals surface area contributed by atoms with Gasteiger partial charge in [-0.25, -0.2) is 0 Å². The normalized spacial score (nSPS) is 17.4. The molecule has 2 aromatic carbocycles. The van der Waals surface area contributed by atoms with Gasteiger partial charge < -0.3 is 9.80 Å². The van der Waals surface area contributed by atoms with Gasteiger partial charge in [0.2, 0.25) is 11.8 Å². The molecule has 3 amide bonds. The van der Waals surface area contributed by atoms with E-state index < -0.39 is 0 Å². The molecule has 2 heterocycles. The molecule has 0 unspecified atom stereocenters. The van der Waals surface area contributed by atoms with Crippen LogP contribution in [-0.4, -0.2) is 60.2 Å². The summed E-state index contributed by atoms with van der Waals surface area (Å²) < 4.78 is 0. The molecule has 1 saturated heterocycles. The summed E-state index contributed by atoms with van der Waals surface area (Å²) in [6, 6.07) is 15.6. The quantitative estimate of drug-likeness (QED) is 0.769. The molecule has 0 bridgehead atoms. The smallest absolute Gasteiger partial charge is 0.261 e. The molecule has 2 aliphatic heterocycles. The molecule has 0 spiro atoms. The molecule has 0 aromatic heterocycles. The number of nitrogens with zero attached hydrogens (tertiary/aromatic N) is 2. The van der Waals surface area contributed by atoms with Crippen molar-refractivity contribution in [3.8, 4) is 0 Å². The maximum absolute atomic E-state index is 12.7. The first-order valence-corrected chi connectivity index (χ1v) is 10.1. The molecular weight excluding hydrogens is 366 g/mol. The van der Waals surface area contributed by atoms with Crippen molar-refractivity contribution in [1.82, 2.24) is 9.80 Å². The molecule has 0 atom stereocenters. The van der Waals surface area contributed by atoms with Crippen molar-refractivity contribution in [2.45, 2.75) is 19.9 Å². The van der Waals surface area contributed by atoms with Crippen LogP contribution >= 0.6 is 0 Å². The van der Waals surface area contributed by atoms with E-state index in [-0.39, 0.29) is 30.7 Å². The average molecular weight is 392 g/mol. The van der Waals surface area contributed by atoms with E-state index in [1.807, 2.05) is 6.07 Å². The monoisotopic (exact) mass is 392 g/mol. The van der Waals surface area contributed by atoms with Crippen LogP contribution < -0.4 is 4.90 Å². The highest BCUT2D eigenvalue weighted by Gasteiger charge is 2.34. The lowest BCUT2D eigenvalue weighted by Crippen LogP contribution is -3.13. The zero-order valence-electron chi connectivity index (χ0n) is 16.7. The largest absolute Gasteiger partial charge is 0.330 e. The fourth-order valence-electron chi connectivity index (χ4n) is 4.16. The maximum atomic E-state index is 12.7. The van der Waals surface area contributed by atoms with E-state index in [0.717, 1.165) is 30.1 Å². The molecule has 0 radical (unpaired) electrons. The van der Waals surface area contributed by atoms with E-state index in [9.17, 15) is 14.4 Å². The number of piperazine rings is 1. The summed E-state index contributed by atoms with van der Waals surface area (Å²) >= 11 is 0. The maximum Gasteiger partial charge on any atom is 0.261 e. The lowest BCUT2D eigenvalue weighted by Gasteiger charge is -2.34. The number of carbonyl (C=O) groups excluding carboxylic acids is 3. The highest BCUT2D eigenvalue weighted by atomic mass is 16.2. The summed E-state index contributed by atoms with van der Waals surface area (Å²) in [4.78, 5) is 42.1. The Hall–Kier alpha value is -2.99. The van der Waals surface area contributed by atoms with Gasteiger partial charge in [-0.15, -0.1) is 0 Å². The predicted molar refractivity (Wildman–Crippen MR) is 108 cm³/mol. The van der Waals surface area contributed by atoms with Gasteiger partial charge in [0.1, 0.15) is 13.1 Å². The number of hydrogen-bond donors (Lipinski definition) is 1. The highest BCUT2D eigenvalue weighted by Crippen LogP contribution is 2.19. The Morgan fingerprint density at radius 1 is 1.03 bits per heavy atom. The topological polar surface area (TPSA) is 62.1 Å². The third-order valence-electron chi connectivity index (χ3n) is 5.79. The third-order valence-corrected chi connectivity index (χ3v) is 5.79. The molecule has 1 fully saturated rings. The molecule has 0 saturated carbocycles. The number of hydrogen-bond acceptors (Lipinski definition) is 3. The Morgan fingerprint density at radius 3 is 2.55 bits per heavy atom. The van der Waals surface area contributed by atoms with Crippen molar-refractivity contribution >= 4 is 17.7 Å². The molecular formula is C23H26N3O3+. The van der Waals surface area contributed by atoms with Crippen molar-refractivity contribution < 1.29 is 19.3 Å². The molecule has 1 N–H and O–H groups in total. The summed E-state index contributed by atoms with van der Waals surface area (Å²) in [6.45, 7) is 5.90. The molecule has 2 aromatic rings. The van der Waals surface area contributed by atoms with Crippen molar-refractivity contribution in [3.05, 3.63) is 70.8 Å². The van der Waals surface area contributed by atoms with E-state index in [0.29, 0.717) is 18.7 Å². The Kier molecular flexibility index (Phi) is 5.45. The first-order valence-electron chi connectivity index (χ1n) is 10.1. The van der Waals surface area contributed by atoms with E-state index in [4.69, 9.17) is 0 Å². The second kappa shape index (κ2) is 8.17. The molecule has 4 rings (SSSR count). The fourth-order valence-corrected chi connectivity index (χ4v) is 4.16. The fraction of sp³-hybridized carbons (Fsp3) is 0.348. The molecule has 29 heavy (non-hydrogen) atoms. The van der Waals surface area contributed by atoms with E-state index >= 15 is 0 Å². The third kappa shape index (κ3) is 4.22. The van der Waals surface area contributed by atoms with Crippen LogP contribution in [0.4, 0.5) is 0 Å². The number of carbonyl (C=O) groups is 3. The summed E-state index contributed by atoms with van der Waals surface area (Å²) in [5.41, 5.74) is 3.82. The Morgan fingerprint density at radius 2 is 1.79 bits per heavy atom. The first-order chi connectivity index (χ1) is 14.0. The number of rotatable bonds is 4. The number of nitrogens with one attached hydrogen (secondary N) is 1. The van der Waals surface area contributed by atoms with Crippen molar-refractivity contribution in [1.29, 1.82) is 0 Å². The van der Waals surface area contributed by atoms with Gasteiger partial charge in [0.15, 0.2) is 0 Å². The van der Waals surface area contributed by atoms with Gasteiger partial charge in [0.25, 0.3) is 5.91 Å². The van der Waals surface area contributed by atoms with Gasteiger partial charge in [-0.2, -0.15) is 0 Å². The van der Waals surface area contributed by atoms with E-state index in [2.05, 4.69) is 31.2 Å². The van der Waals surface area contributed by atoms with Crippen LogP contribution in [0.25, 0.3) is 0 Å². The summed E-state index contributed by atoms with van der Waals surface area (Å²) in [7, 11) is 0. The zero-order chi connectivity index (χ0) is 20.4. The average Bonchev–Trinajstić information content (AvgIpc) is 2.71. The van der Waals surface area contributed by atoms with Crippen LogP contribution in [0.2, 0.25) is 0 Å². The predicted octanol–water partition coefficient (Wildman–Crippen LogP) is 0.447. The number of imide groups is 1. The van der Waals surface area contributed by atoms with Crippen LogP contribution in [0, 0.1) is 6.92 Å². The van der Waals surface area contributed by atoms with Crippen molar-refractivity contribution in [2.75, 3.05) is 32.7 Å². The van der Waals surface area contributed by atoms with Crippen molar-refractivity contribution in [3.63, 3.8) is 0 Å². The van der Waals surface area contributed by atoms with Gasteiger partial charge in [-0.1, -0.05) is 48.0 Å². The van der Waals surface area contributed by atoms with Gasteiger partial charge in [-0.05, 0) is 18.6 Å². The molecule has 6 heteroatoms. The Labute approximate surface area is 170 Å². The highest BCUT2D eigenvalue weighted by molar-refractivity contribution is 6.11. The summed E-state index contributed by atoms with van der Waals surface area (Å²) in [5, 5.41) is 0. The van der Waals surface area contributed by atoms with Crippen LogP contribution in [0.15, 0.2) is 48.5 Å². The summed E-state index contributed by atoms with van der Waals surface area (Å²) in [5.74, 6) is -0.819. The van der Waals surface area contributed by atoms with Crippen LogP contribution in [-0.2, 0) is 22.6 Å². The first kappa shape index (κ1) is 19.3. The number of quaternary nitrogens is 1. The lowest BCUT2D eigenvalue weighted by molar-refractivity contribution is -0.917.